The highest BCUT2D eigenvalue weighted by molar-refractivity contribution is 7.89. The lowest BCUT2D eigenvalue weighted by molar-refractivity contribution is 0.0308. The van der Waals surface area contributed by atoms with Crippen molar-refractivity contribution in [1.82, 2.24) is 14.3 Å². The van der Waals surface area contributed by atoms with Crippen molar-refractivity contribution in [3.8, 4) is 0 Å². The smallest absolute Gasteiger partial charge is 0.338 e. The monoisotopic (exact) mass is 489 g/mol. The Balaban J connectivity index is 1.40. The van der Waals surface area contributed by atoms with E-state index in [2.05, 4.69) is 9.71 Å². The van der Waals surface area contributed by atoms with Crippen LogP contribution in [0.5, 0.6) is 0 Å². The van der Waals surface area contributed by atoms with Crippen molar-refractivity contribution in [3.63, 3.8) is 0 Å². The van der Waals surface area contributed by atoms with Crippen LogP contribution in [-0.2, 0) is 27.7 Å². The summed E-state index contributed by atoms with van der Waals surface area (Å²) in [6.07, 6.45) is 0.722. The molecule has 0 spiro atoms. The zero-order valence-electron chi connectivity index (χ0n) is 18.8. The van der Waals surface area contributed by atoms with Crippen LogP contribution in [0.2, 0.25) is 0 Å². The summed E-state index contributed by atoms with van der Waals surface area (Å²) < 4.78 is 35.4. The molecular weight excluding hydrogens is 466 g/mol. The van der Waals surface area contributed by atoms with Crippen LogP contribution in [0, 0.1) is 0 Å². The quantitative estimate of drug-likeness (QED) is 0.400. The average Bonchev–Trinajstić information content (AvgIpc) is 3.36. The zero-order chi connectivity index (χ0) is 24.4. The number of aryl methyl sites for hydroxylation is 1. The average molecular weight is 490 g/mol. The molecule has 8 nitrogen and oxygen atoms in total. The molecule has 5 rings (SSSR count). The molecule has 35 heavy (non-hydrogen) atoms. The van der Waals surface area contributed by atoms with Crippen LogP contribution in [-0.4, -0.2) is 30.5 Å². The van der Waals surface area contributed by atoms with E-state index in [9.17, 15) is 18.0 Å². The van der Waals surface area contributed by atoms with Crippen molar-refractivity contribution < 1.29 is 17.9 Å². The van der Waals surface area contributed by atoms with Gasteiger partial charge in [0.2, 0.25) is 10.0 Å². The molecule has 3 aromatic carbocycles. The Hall–Kier alpha value is -3.82. The number of carbonyl (C=O) groups is 1. The maximum atomic E-state index is 13.1. The third-order valence-corrected chi connectivity index (χ3v) is 7.42. The molecule has 0 fully saturated rings. The minimum atomic E-state index is -3.79. The Morgan fingerprint density at radius 1 is 1.03 bits per heavy atom. The molecule has 0 aliphatic carbocycles. The Kier molecular flexibility index (Phi) is 6.19. The molecular formula is C26H23N3O5S. The summed E-state index contributed by atoms with van der Waals surface area (Å²) in [6.45, 7) is 0.506. The summed E-state index contributed by atoms with van der Waals surface area (Å²) >= 11 is 0. The van der Waals surface area contributed by atoms with Crippen LogP contribution in [0.25, 0.3) is 10.9 Å². The highest BCUT2D eigenvalue weighted by Gasteiger charge is 2.23. The van der Waals surface area contributed by atoms with E-state index in [0.717, 1.165) is 12.8 Å². The Bertz CT molecular complexity index is 1550. The molecule has 4 aromatic rings. The number of benzene rings is 3. The van der Waals surface area contributed by atoms with Gasteiger partial charge in [0.25, 0.3) is 5.56 Å². The van der Waals surface area contributed by atoms with Gasteiger partial charge in [-0.05, 0) is 42.3 Å². The largest absolute Gasteiger partial charge is 0.452 e. The molecule has 0 saturated heterocycles. The number of rotatable bonds is 7. The summed E-state index contributed by atoms with van der Waals surface area (Å²) in [6, 6.07) is 21.6. The molecule has 1 aromatic heterocycles. The van der Waals surface area contributed by atoms with Gasteiger partial charge < -0.3 is 4.74 Å². The molecule has 1 aliphatic heterocycles. The molecule has 2 heterocycles. The number of aromatic nitrogens is 2. The molecule has 0 amide bonds. The van der Waals surface area contributed by atoms with E-state index in [4.69, 9.17) is 4.74 Å². The van der Waals surface area contributed by atoms with Gasteiger partial charge in [-0.2, -0.15) is 0 Å². The Morgan fingerprint density at radius 2 is 1.74 bits per heavy atom. The molecule has 0 radical (unpaired) electrons. The first-order chi connectivity index (χ1) is 16.9. The summed E-state index contributed by atoms with van der Waals surface area (Å²) in [5.74, 6) is 0.0764. The number of hydrogen-bond donors (Lipinski definition) is 1. The SMILES string of the molecule is O=C(O[C@H](CNS(=O)(=O)c1ccccc1)c1ccccc1)c1ccc2c(=O)n3c(nc2c1)CCC3. The van der Waals surface area contributed by atoms with Crippen molar-refractivity contribution in [2.24, 2.45) is 0 Å². The molecule has 0 unspecified atom stereocenters. The third-order valence-electron chi connectivity index (χ3n) is 5.99. The normalized spacial score (nSPS) is 13.9. The summed E-state index contributed by atoms with van der Waals surface area (Å²) in [7, 11) is -3.79. The van der Waals surface area contributed by atoms with Gasteiger partial charge in [0.1, 0.15) is 11.9 Å². The van der Waals surface area contributed by atoms with Crippen molar-refractivity contribution in [2.45, 2.75) is 30.4 Å². The Labute approximate surface area is 202 Å². The van der Waals surface area contributed by atoms with E-state index in [0.29, 0.717) is 28.8 Å². The second-order valence-corrected chi connectivity index (χ2v) is 10.1. The summed E-state index contributed by atoms with van der Waals surface area (Å²) in [5.41, 5.74) is 1.21. The van der Waals surface area contributed by atoms with Crippen molar-refractivity contribution >= 4 is 26.9 Å². The lowest BCUT2D eigenvalue weighted by Crippen LogP contribution is -2.30. The molecule has 178 valence electrons. The minimum absolute atomic E-state index is 0.111. The number of fused-ring (bicyclic) bond motifs is 2. The third kappa shape index (κ3) is 4.73. The van der Waals surface area contributed by atoms with Gasteiger partial charge in [0, 0.05) is 13.0 Å². The van der Waals surface area contributed by atoms with E-state index >= 15 is 0 Å². The number of nitrogens with one attached hydrogen (secondary N) is 1. The van der Waals surface area contributed by atoms with Crippen LogP contribution in [0.1, 0.15) is 34.3 Å². The first-order valence-corrected chi connectivity index (χ1v) is 12.7. The van der Waals surface area contributed by atoms with Gasteiger partial charge in [-0.1, -0.05) is 48.5 Å². The highest BCUT2D eigenvalue weighted by Crippen LogP contribution is 2.22. The molecule has 9 heteroatoms. The maximum absolute atomic E-state index is 13.1. The van der Waals surface area contributed by atoms with Crippen molar-refractivity contribution in [3.05, 3.63) is 106 Å². The van der Waals surface area contributed by atoms with E-state index in [1.165, 1.54) is 18.2 Å². The summed E-state index contributed by atoms with van der Waals surface area (Å²) in [5, 5.41) is 0.447. The number of nitrogens with zero attached hydrogens (tertiary/aromatic N) is 2. The zero-order valence-corrected chi connectivity index (χ0v) is 19.6. The van der Waals surface area contributed by atoms with Crippen molar-refractivity contribution in [1.29, 1.82) is 0 Å². The second kappa shape index (κ2) is 9.44. The van der Waals surface area contributed by atoms with Crippen molar-refractivity contribution in [2.75, 3.05) is 6.54 Å². The minimum Gasteiger partial charge on any atom is -0.452 e. The number of carbonyl (C=O) groups excluding carboxylic acids is 1. The van der Waals surface area contributed by atoms with E-state index in [1.54, 1.807) is 59.2 Å². The van der Waals surface area contributed by atoms with Gasteiger partial charge in [-0.15, -0.1) is 0 Å². The predicted octanol–water partition coefficient (Wildman–Crippen LogP) is 3.22. The van der Waals surface area contributed by atoms with E-state index < -0.39 is 22.1 Å². The van der Waals surface area contributed by atoms with Crippen LogP contribution in [0.15, 0.2) is 88.6 Å². The fourth-order valence-electron chi connectivity index (χ4n) is 4.17. The van der Waals surface area contributed by atoms with Gasteiger partial charge in [0.05, 0.1) is 27.9 Å². The standard InChI is InChI=1S/C26H23N3O5S/c30-25-21-14-13-19(16-22(21)28-24-12-7-15-29(24)25)26(31)34-23(18-8-3-1-4-9-18)17-27-35(32,33)20-10-5-2-6-11-20/h1-6,8-11,13-14,16,23,27H,7,12,15,17H2/t23-/m1/s1. The van der Waals surface area contributed by atoms with E-state index in [-0.39, 0.29) is 22.6 Å². The highest BCUT2D eigenvalue weighted by atomic mass is 32.2. The van der Waals surface area contributed by atoms with Crippen LogP contribution < -0.4 is 10.3 Å². The van der Waals surface area contributed by atoms with Gasteiger partial charge in [0.15, 0.2) is 0 Å². The fourth-order valence-corrected chi connectivity index (χ4v) is 5.22. The molecule has 1 atom stereocenters. The fraction of sp³-hybridized carbons (Fsp3) is 0.192. The number of hydrogen-bond acceptors (Lipinski definition) is 6. The lowest BCUT2D eigenvalue weighted by atomic mass is 10.1. The molecule has 0 saturated carbocycles. The maximum Gasteiger partial charge on any atom is 0.338 e. The number of sulfonamides is 1. The lowest BCUT2D eigenvalue weighted by Gasteiger charge is -2.19. The topological polar surface area (TPSA) is 107 Å². The van der Waals surface area contributed by atoms with Gasteiger partial charge in [-0.25, -0.2) is 22.9 Å². The molecule has 1 aliphatic rings. The Morgan fingerprint density at radius 3 is 2.49 bits per heavy atom. The van der Waals surface area contributed by atoms with Crippen LogP contribution in [0.4, 0.5) is 0 Å². The second-order valence-electron chi connectivity index (χ2n) is 8.29. The predicted molar refractivity (Wildman–Crippen MR) is 131 cm³/mol. The summed E-state index contributed by atoms with van der Waals surface area (Å²) in [4.78, 5) is 30.5. The van der Waals surface area contributed by atoms with Gasteiger partial charge in [-0.3, -0.25) is 9.36 Å². The van der Waals surface area contributed by atoms with E-state index in [1.807, 2.05) is 6.07 Å². The first-order valence-electron chi connectivity index (χ1n) is 11.3. The van der Waals surface area contributed by atoms with Crippen LogP contribution in [0.3, 0.4) is 0 Å². The first kappa shape index (κ1) is 22.9. The van der Waals surface area contributed by atoms with Gasteiger partial charge >= 0.3 is 5.97 Å². The molecule has 0 bridgehead atoms. The molecule has 1 N–H and O–H groups in total. The van der Waals surface area contributed by atoms with Crippen LogP contribution >= 0.6 is 0 Å². The number of esters is 1. The number of ether oxygens (including phenoxy) is 1.